The van der Waals surface area contributed by atoms with E-state index in [0.29, 0.717) is 0 Å². The third-order valence-electron chi connectivity index (χ3n) is 11.6. The fraction of sp³-hybridized carbons (Fsp3) is 0.106. The predicted octanol–water partition coefficient (Wildman–Crippen LogP) is 11.8. The summed E-state index contributed by atoms with van der Waals surface area (Å²) in [4.78, 5) is 0. The largest absolute Gasteiger partial charge is 0.309 e. The van der Waals surface area contributed by atoms with Crippen LogP contribution in [0.15, 0.2) is 145 Å². The molecule has 0 unspecified atom stereocenters. The first kappa shape index (κ1) is 27.5. The Morgan fingerprint density at radius 1 is 0.500 bits per heavy atom. The molecule has 1 aromatic heterocycles. The van der Waals surface area contributed by atoms with Gasteiger partial charge in [0, 0.05) is 21.9 Å². The minimum atomic E-state index is -0.376. The second-order valence-corrected chi connectivity index (χ2v) is 14.1. The number of rotatable bonds is 1. The minimum Gasteiger partial charge on any atom is -0.309 e. The quantitative estimate of drug-likeness (QED) is 0.174. The molecule has 3 aliphatic rings. The smallest absolute Gasteiger partial charge is 0.0726 e. The van der Waals surface area contributed by atoms with Gasteiger partial charge in [0.2, 0.25) is 0 Å². The topological polar surface area (TPSA) is 4.93 Å². The molecule has 0 aliphatic heterocycles. The van der Waals surface area contributed by atoms with Gasteiger partial charge in [-0.1, -0.05) is 159 Å². The molecule has 0 saturated heterocycles. The Morgan fingerprint density at radius 2 is 1.06 bits per heavy atom. The third-order valence-corrected chi connectivity index (χ3v) is 11.6. The molecular formula is C47H35N. The summed E-state index contributed by atoms with van der Waals surface area (Å²) in [6.07, 6.45) is 7.13. The van der Waals surface area contributed by atoms with E-state index >= 15 is 0 Å². The number of nitrogens with zero attached hydrogens (tertiary/aromatic N) is 1. The fourth-order valence-corrected chi connectivity index (χ4v) is 9.15. The number of allylic oxidation sites excluding steroid dienone is 1. The van der Waals surface area contributed by atoms with Crippen molar-refractivity contribution in [3.05, 3.63) is 190 Å². The molecule has 0 bridgehead atoms. The van der Waals surface area contributed by atoms with Crippen molar-refractivity contribution >= 4 is 29.1 Å². The van der Waals surface area contributed by atoms with Crippen LogP contribution < -0.4 is 0 Å². The molecule has 6 aromatic carbocycles. The van der Waals surface area contributed by atoms with Gasteiger partial charge in [0.1, 0.15) is 0 Å². The van der Waals surface area contributed by atoms with E-state index in [1.807, 2.05) is 0 Å². The number of aromatic nitrogens is 1. The lowest BCUT2D eigenvalue weighted by Gasteiger charge is -2.30. The van der Waals surface area contributed by atoms with Gasteiger partial charge in [-0.3, -0.25) is 0 Å². The monoisotopic (exact) mass is 613 g/mol. The van der Waals surface area contributed by atoms with Crippen LogP contribution in [0.4, 0.5) is 0 Å². The average Bonchev–Trinajstić information content (AvgIpc) is 3.72. The summed E-state index contributed by atoms with van der Waals surface area (Å²) >= 11 is 0. The van der Waals surface area contributed by atoms with Crippen molar-refractivity contribution in [1.82, 2.24) is 4.57 Å². The van der Waals surface area contributed by atoms with E-state index in [1.54, 1.807) is 0 Å². The standard InChI is InChI=1S/C47H35N/c1-30-29-44-35(28-27-31-15-4-9-20-37(31)46(30,2)3)34-18-8-13-25-42(34)48(44)43-26-14-24-41-45(43)36-19-7-12-23-40(36)47(41)38-21-10-5-16-32(38)33-17-6-11-22-39(33)47/h4-29H,1-3H3/b28-27+,30-29+. The van der Waals surface area contributed by atoms with E-state index in [1.165, 1.54) is 89.1 Å². The molecular weight excluding hydrogens is 579 g/mol. The SMILES string of the molecule is C/C1=C\c2c(c3ccccc3n2-c2cccc3c2-c2ccccc2C32c3ccccc3-c3ccccc32)/C=C/c2ccccc2C1(C)C. The van der Waals surface area contributed by atoms with Crippen LogP contribution in [0.1, 0.15) is 65.4 Å². The maximum Gasteiger partial charge on any atom is 0.0726 e. The highest BCUT2D eigenvalue weighted by atomic mass is 15.0. The predicted molar refractivity (Wildman–Crippen MR) is 202 cm³/mol. The zero-order valence-electron chi connectivity index (χ0n) is 27.5. The molecule has 1 nitrogen and oxygen atoms in total. The molecule has 48 heavy (non-hydrogen) atoms. The second kappa shape index (κ2) is 9.69. The number of fused-ring (bicyclic) bond motifs is 14. The van der Waals surface area contributed by atoms with Crippen molar-refractivity contribution in [3.8, 4) is 27.9 Å². The van der Waals surface area contributed by atoms with E-state index < -0.39 is 0 Å². The molecule has 7 aromatic rings. The van der Waals surface area contributed by atoms with Crippen LogP contribution in [0, 0.1) is 0 Å². The van der Waals surface area contributed by atoms with Crippen molar-refractivity contribution in [3.63, 3.8) is 0 Å². The van der Waals surface area contributed by atoms with Gasteiger partial charge in [-0.15, -0.1) is 0 Å². The number of para-hydroxylation sites is 1. The highest BCUT2D eigenvalue weighted by Gasteiger charge is 2.52. The van der Waals surface area contributed by atoms with E-state index in [0.717, 1.165) is 0 Å². The van der Waals surface area contributed by atoms with Gasteiger partial charge >= 0.3 is 0 Å². The maximum atomic E-state index is 2.55. The first-order chi connectivity index (χ1) is 23.5. The number of hydrogen-bond donors (Lipinski definition) is 0. The van der Waals surface area contributed by atoms with Gasteiger partial charge in [-0.25, -0.2) is 0 Å². The van der Waals surface area contributed by atoms with Gasteiger partial charge < -0.3 is 4.57 Å². The highest BCUT2D eigenvalue weighted by molar-refractivity contribution is 6.02. The van der Waals surface area contributed by atoms with Crippen LogP contribution in [-0.2, 0) is 10.8 Å². The number of hydrogen-bond acceptors (Lipinski definition) is 0. The maximum absolute atomic E-state index is 2.55. The van der Waals surface area contributed by atoms with Crippen LogP contribution in [-0.4, -0.2) is 4.57 Å². The summed E-state index contributed by atoms with van der Waals surface area (Å²) in [5, 5.41) is 1.26. The van der Waals surface area contributed by atoms with Crippen LogP contribution in [0.3, 0.4) is 0 Å². The molecule has 1 heteroatoms. The molecule has 1 heterocycles. The Morgan fingerprint density at radius 3 is 1.79 bits per heavy atom. The molecule has 228 valence electrons. The zero-order valence-corrected chi connectivity index (χ0v) is 27.5. The summed E-state index contributed by atoms with van der Waals surface area (Å²) in [5.74, 6) is 0. The Hall–Kier alpha value is -5.66. The molecule has 10 rings (SSSR count). The van der Waals surface area contributed by atoms with Gasteiger partial charge in [0.25, 0.3) is 0 Å². The summed E-state index contributed by atoms with van der Waals surface area (Å²) in [6, 6.07) is 52.1. The normalized spacial score (nSPS) is 17.5. The fourth-order valence-electron chi connectivity index (χ4n) is 9.15. The van der Waals surface area contributed by atoms with Crippen molar-refractivity contribution in [1.29, 1.82) is 0 Å². The van der Waals surface area contributed by atoms with E-state index in [-0.39, 0.29) is 10.8 Å². The summed E-state index contributed by atoms with van der Waals surface area (Å²) < 4.78 is 2.55. The van der Waals surface area contributed by atoms with Gasteiger partial charge in [-0.2, -0.15) is 0 Å². The lowest BCUT2D eigenvalue weighted by atomic mass is 9.70. The van der Waals surface area contributed by atoms with Crippen molar-refractivity contribution in [2.75, 3.05) is 0 Å². The van der Waals surface area contributed by atoms with Crippen molar-refractivity contribution in [2.45, 2.75) is 31.6 Å². The van der Waals surface area contributed by atoms with Crippen LogP contribution >= 0.6 is 0 Å². The summed E-state index contributed by atoms with van der Waals surface area (Å²) in [5.41, 5.74) is 19.1. The zero-order chi connectivity index (χ0) is 32.2. The molecule has 3 aliphatic carbocycles. The molecule has 0 fully saturated rings. The van der Waals surface area contributed by atoms with Gasteiger partial charge in [-0.05, 0) is 75.2 Å². The lowest BCUT2D eigenvalue weighted by molar-refractivity contribution is 0.626. The molecule has 1 spiro atoms. The summed E-state index contributed by atoms with van der Waals surface area (Å²) in [6.45, 7) is 7.03. The Bertz CT molecular complexity index is 2500. The number of benzene rings is 6. The Labute approximate surface area is 282 Å². The first-order valence-corrected chi connectivity index (χ1v) is 17.0. The Kier molecular flexibility index (Phi) is 5.54. The third kappa shape index (κ3) is 3.36. The van der Waals surface area contributed by atoms with Crippen molar-refractivity contribution in [2.24, 2.45) is 0 Å². The molecule has 0 atom stereocenters. The Balaban J connectivity index is 1.34. The van der Waals surface area contributed by atoms with Gasteiger partial charge in [0.05, 0.1) is 22.3 Å². The van der Waals surface area contributed by atoms with E-state index in [2.05, 4.69) is 183 Å². The van der Waals surface area contributed by atoms with E-state index in [9.17, 15) is 0 Å². The lowest BCUT2D eigenvalue weighted by Crippen LogP contribution is -2.25. The molecule has 0 radical (unpaired) electrons. The minimum absolute atomic E-state index is 0.142. The van der Waals surface area contributed by atoms with Crippen LogP contribution in [0.5, 0.6) is 0 Å². The molecule has 0 saturated carbocycles. The average molecular weight is 614 g/mol. The van der Waals surface area contributed by atoms with Crippen molar-refractivity contribution < 1.29 is 0 Å². The first-order valence-electron chi connectivity index (χ1n) is 17.0. The van der Waals surface area contributed by atoms with Crippen LogP contribution in [0.2, 0.25) is 0 Å². The van der Waals surface area contributed by atoms with E-state index in [4.69, 9.17) is 0 Å². The van der Waals surface area contributed by atoms with Crippen LogP contribution in [0.25, 0.3) is 57.1 Å². The molecule has 0 amide bonds. The van der Waals surface area contributed by atoms with Gasteiger partial charge in [0.15, 0.2) is 0 Å². The second-order valence-electron chi connectivity index (χ2n) is 14.1. The molecule has 0 N–H and O–H groups in total. The highest BCUT2D eigenvalue weighted by Crippen LogP contribution is 2.63. The summed E-state index contributed by atoms with van der Waals surface area (Å²) in [7, 11) is 0.